The number of nitrogens with zero attached hydrogens (tertiary/aromatic N) is 2. The molecule has 14 heavy (non-hydrogen) atoms. The predicted molar refractivity (Wildman–Crippen MR) is 50.5 cm³/mol. The normalized spacial score (nSPS) is 26.3. The van der Waals surface area contributed by atoms with Gasteiger partial charge in [-0.2, -0.15) is 0 Å². The van der Waals surface area contributed by atoms with E-state index in [-0.39, 0.29) is 18.8 Å². The van der Waals surface area contributed by atoms with Crippen LogP contribution in [-0.4, -0.2) is 16.1 Å². The van der Waals surface area contributed by atoms with Crippen molar-refractivity contribution < 1.29 is 8.78 Å². The van der Waals surface area contributed by atoms with Crippen molar-refractivity contribution in [1.29, 1.82) is 0 Å². The lowest BCUT2D eigenvalue weighted by Gasteiger charge is -2.27. The molecular weight excluding hydrogens is 208 g/mol. The summed E-state index contributed by atoms with van der Waals surface area (Å²) in [4.78, 5) is 0. The first-order valence-electron chi connectivity index (χ1n) is 4.53. The molecule has 0 radical (unpaired) electrons. The number of anilines is 1. The van der Waals surface area contributed by atoms with E-state index in [1.165, 1.54) is 11.3 Å². The quantitative estimate of drug-likeness (QED) is 0.789. The molecule has 0 saturated heterocycles. The number of nitrogens with two attached hydrogens (primary N) is 1. The molecule has 6 heteroatoms. The summed E-state index contributed by atoms with van der Waals surface area (Å²) in [5.41, 5.74) is 5.41. The lowest BCUT2D eigenvalue weighted by atomic mass is 9.87. The molecule has 1 fully saturated rings. The maximum atomic E-state index is 13.1. The van der Waals surface area contributed by atoms with Crippen molar-refractivity contribution in [3.05, 3.63) is 5.01 Å². The van der Waals surface area contributed by atoms with E-state index < -0.39 is 5.92 Å². The fourth-order valence-electron chi connectivity index (χ4n) is 1.79. The maximum absolute atomic E-state index is 13.1. The van der Waals surface area contributed by atoms with Gasteiger partial charge in [-0.1, -0.05) is 11.3 Å². The Morgan fingerprint density at radius 3 is 2.79 bits per heavy atom. The van der Waals surface area contributed by atoms with Gasteiger partial charge in [0.15, 0.2) is 0 Å². The zero-order chi connectivity index (χ0) is 10.2. The van der Waals surface area contributed by atoms with Crippen LogP contribution in [0.15, 0.2) is 0 Å². The minimum atomic E-state index is -2.54. The standard InChI is InChI=1S/C8H11F2N3S/c9-8(10)3-1-2-5(4-8)6-12-13-7(11)14-6/h5H,1-4H2,(H2,11,13). The first-order chi connectivity index (χ1) is 6.57. The zero-order valence-corrected chi connectivity index (χ0v) is 8.36. The van der Waals surface area contributed by atoms with Gasteiger partial charge < -0.3 is 5.73 Å². The SMILES string of the molecule is Nc1nnc(C2CCCC(F)(F)C2)s1. The molecule has 1 atom stereocenters. The smallest absolute Gasteiger partial charge is 0.248 e. The van der Waals surface area contributed by atoms with E-state index in [1.807, 2.05) is 0 Å². The molecule has 1 aliphatic rings. The summed E-state index contributed by atoms with van der Waals surface area (Å²) in [6.45, 7) is 0. The first-order valence-corrected chi connectivity index (χ1v) is 5.35. The Hall–Kier alpha value is -0.780. The summed E-state index contributed by atoms with van der Waals surface area (Å²) >= 11 is 1.22. The van der Waals surface area contributed by atoms with Crippen molar-refractivity contribution in [3.63, 3.8) is 0 Å². The number of alkyl halides is 2. The van der Waals surface area contributed by atoms with E-state index >= 15 is 0 Å². The van der Waals surface area contributed by atoms with Crippen LogP contribution < -0.4 is 5.73 Å². The second-order valence-electron chi connectivity index (χ2n) is 3.63. The summed E-state index contributed by atoms with van der Waals surface area (Å²) in [5, 5.41) is 8.47. The van der Waals surface area contributed by atoms with Crippen LogP contribution in [-0.2, 0) is 0 Å². The zero-order valence-electron chi connectivity index (χ0n) is 7.54. The van der Waals surface area contributed by atoms with Crippen molar-refractivity contribution in [2.24, 2.45) is 0 Å². The molecular formula is C8H11F2N3S. The van der Waals surface area contributed by atoms with Crippen LogP contribution in [0.2, 0.25) is 0 Å². The van der Waals surface area contributed by atoms with Gasteiger partial charge >= 0.3 is 0 Å². The average Bonchev–Trinajstić information content (AvgIpc) is 2.50. The summed E-state index contributed by atoms with van der Waals surface area (Å²) in [7, 11) is 0. The summed E-state index contributed by atoms with van der Waals surface area (Å²) in [5.74, 6) is -2.70. The molecule has 3 nitrogen and oxygen atoms in total. The monoisotopic (exact) mass is 219 g/mol. The van der Waals surface area contributed by atoms with Crippen LogP contribution in [0.25, 0.3) is 0 Å². The highest BCUT2D eigenvalue weighted by Gasteiger charge is 2.38. The van der Waals surface area contributed by atoms with E-state index in [1.54, 1.807) is 0 Å². The minimum Gasteiger partial charge on any atom is -0.374 e. The highest BCUT2D eigenvalue weighted by atomic mass is 32.1. The van der Waals surface area contributed by atoms with Crippen molar-refractivity contribution in [1.82, 2.24) is 10.2 Å². The van der Waals surface area contributed by atoms with Gasteiger partial charge in [-0.3, -0.25) is 0 Å². The number of hydrogen-bond donors (Lipinski definition) is 1. The third-order valence-electron chi connectivity index (χ3n) is 2.45. The molecule has 2 rings (SSSR count). The molecule has 0 amide bonds. The number of aromatic nitrogens is 2. The molecule has 0 bridgehead atoms. The van der Waals surface area contributed by atoms with Gasteiger partial charge in [0, 0.05) is 18.8 Å². The van der Waals surface area contributed by atoms with E-state index in [9.17, 15) is 8.78 Å². The van der Waals surface area contributed by atoms with Gasteiger partial charge in [0.05, 0.1) is 0 Å². The number of halogens is 2. The Morgan fingerprint density at radius 1 is 1.43 bits per heavy atom. The molecule has 1 saturated carbocycles. The Balaban J connectivity index is 2.12. The van der Waals surface area contributed by atoms with E-state index in [0.717, 1.165) is 6.42 Å². The molecule has 1 aliphatic carbocycles. The van der Waals surface area contributed by atoms with Crippen LogP contribution in [0, 0.1) is 0 Å². The van der Waals surface area contributed by atoms with Crippen molar-refractivity contribution >= 4 is 16.5 Å². The van der Waals surface area contributed by atoms with Crippen molar-refractivity contribution in [3.8, 4) is 0 Å². The third-order valence-corrected chi connectivity index (χ3v) is 3.36. The number of rotatable bonds is 1. The highest BCUT2D eigenvalue weighted by molar-refractivity contribution is 7.15. The van der Waals surface area contributed by atoms with Crippen LogP contribution in [0.4, 0.5) is 13.9 Å². The minimum absolute atomic E-state index is 0.00220. The second-order valence-corrected chi connectivity index (χ2v) is 4.67. The number of hydrogen-bond acceptors (Lipinski definition) is 4. The molecule has 0 spiro atoms. The Kier molecular flexibility index (Phi) is 2.38. The molecule has 1 heterocycles. The van der Waals surface area contributed by atoms with Gasteiger partial charge in [0.2, 0.25) is 11.1 Å². The summed E-state index contributed by atoms with van der Waals surface area (Å²) in [6.07, 6.45) is 1.21. The Labute approximate surface area is 84.3 Å². The van der Waals surface area contributed by atoms with Crippen LogP contribution >= 0.6 is 11.3 Å². The first kappa shape index (κ1) is 9.76. The maximum Gasteiger partial charge on any atom is 0.248 e. The largest absolute Gasteiger partial charge is 0.374 e. The fraction of sp³-hybridized carbons (Fsp3) is 0.750. The second kappa shape index (κ2) is 3.42. The van der Waals surface area contributed by atoms with E-state index in [0.29, 0.717) is 16.6 Å². The Morgan fingerprint density at radius 2 is 2.21 bits per heavy atom. The topological polar surface area (TPSA) is 51.8 Å². The molecule has 1 unspecified atom stereocenters. The molecule has 0 aromatic carbocycles. The summed E-state index contributed by atoms with van der Waals surface area (Å²) in [6, 6.07) is 0. The van der Waals surface area contributed by atoms with E-state index in [2.05, 4.69) is 10.2 Å². The highest BCUT2D eigenvalue weighted by Crippen LogP contribution is 2.42. The molecule has 1 aromatic rings. The predicted octanol–water partition coefficient (Wildman–Crippen LogP) is 2.41. The average molecular weight is 219 g/mol. The van der Waals surface area contributed by atoms with Gasteiger partial charge in [-0.05, 0) is 12.8 Å². The Bertz CT molecular complexity index is 326. The molecule has 1 aromatic heterocycles. The third kappa shape index (κ3) is 2.00. The lowest BCUT2D eigenvalue weighted by Crippen LogP contribution is -2.24. The van der Waals surface area contributed by atoms with Crippen LogP contribution in [0.1, 0.15) is 36.6 Å². The van der Waals surface area contributed by atoms with Crippen molar-refractivity contribution in [2.75, 3.05) is 5.73 Å². The molecule has 78 valence electrons. The van der Waals surface area contributed by atoms with Crippen LogP contribution in [0.3, 0.4) is 0 Å². The lowest BCUT2D eigenvalue weighted by molar-refractivity contribution is -0.0408. The van der Waals surface area contributed by atoms with Crippen LogP contribution in [0.5, 0.6) is 0 Å². The fourth-order valence-corrected chi connectivity index (χ4v) is 2.54. The van der Waals surface area contributed by atoms with Gasteiger partial charge in [0.1, 0.15) is 5.01 Å². The van der Waals surface area contributed by atoms with Gasteiger partial charge in [0.25, 0.3) is 0 Å². The van der Waals surface area contributed by atoms with Crippen molar-refractivity contribution in [2.45, 2.75) is 37.5 Å². The summed E-state index contributed by atoms with van der Waals surface area (Å²) < 4.78 is 26.1. The van der Waals surface area contributed by atoms with Gasteiger partial charge in [-0.15, -0.1) is 10.2 Å². The number of nitrogen functional groups attached to an aromatic ring is 1. The van der Waals surface area contributed by atoms with E-state index in [4.69, 9.17) is 5.73 Å². The molecule has 0 aliphatic heterocycles. The van der Waals surface area contributed by atoms with Gasteiger partial charge in [-0.25, -0.2) is 8.78 Å². The molecule has 2 N–H and O–H groups in total.